The first-order valence-electron chi connectivity index (χ1n) is 10.6. The maximum Gasteiger partial charge on any atom is 0.243 e. The van der Waals surface area contributed by atoms with Gasteiger partial charge in [0.25, 0.3) is 0 Å². The number of sulfonamides is 1. The van der Waals surface area contributed by atoms with Gasteiger partial charge in [0.2, 0.25) is 15.9 Å². The van der Waals surface area contributed by atoms with Crippen molar-refractivity contribution in [3.8, 4) is 5.75 Å². The zero-order chi connectivity index (χ0) is 20.9. The van der Waals surface area contributed by atoms with E-state index >= 15 is 0 Å². The zero-order valence-corrected chi connectivity index (χ0v) is 18.3. The van der Waals surface area contributed by atoms with Crippen LogP contribution in [0, 0.1) is 5.92 Å². The lowest BCUT2D eigenvalue weighted by Crippen LogP contribution is -2.52. The van der Waals surface area contributed by atoms with Crippen LogP contribution in [0.3, 0.4) is 0 Å². The molecule has 0 spiro atoms. The lowest BCUT2D eigenvalue weighted by molar-refractivity contribution is -0.123. The molecule has 3 rings (SSSR count). The van der Waals surface area contributed by atoms with Gasteiger partial charge in [0.15, 0.2) is 0 Å². The summed E-state index contributed by atoms with van der Waals surface area (Å²) in [6, 6.07) is 6.82. The van der Waals surface area contributed by atoms with Gasteiger partial charge in [-0.05, 0) is 49.9 Å². The highest BCUT2D eigenvalue weighted by Crippen LogP contribution is 2.24. The molecule has 1 aromatic carbocycles. The van der Waals surface area contributed by atoms with Crippen molar-refractivity contribution in [1.29, 1.82) is 0 Å². The number of piperazine rings is 1. The summed E-state index contributed by atoms with van der Waals surface area (Å²) in [4.78, 5) is 14.7. The number of carbonyl (C=O) groups excluding carboxylic acids is 1. The van der Waals surface area contributed by atoms with E-state index in [2.05, 4.69) is 12.2 Å². The normalized spacial score (nSPS) is 24.2. The van der Waals surface area contributed by atoms with Crippen LogP contribution in [0.4, 0.5) is 0 Å². The third kappa shape index (κ3) is 5.71. The Balaban J connectivity index is 1.49. The van der Waals surface area contributed by atoms with Crippen molar-refractivity contribution in [2.75, 3.05) is 39.3 Å². The highest BCUT2D eigenvalue weighted by molar-refractivity contribution is 7.89. The molecule has 2 aliphatic rings. The zero-order valence-electron chi connectivity index (χ0n) is 17.5. The molecule has 1 aromatic rings. The number of carbonyl (C=O) groups is 1. The monoisotopic (exact) mass is 423 g/mol. The molecule has 2 atom stereocenters. The third-order valence-electron chi connectivity index (χ3n) is 5.93. The van der Waals surface area contributed by atoms with E-state index in [1.807, 2.05) is 11.8 Å². The first-order valence-corrected chi connectivity index (χ1v) is 12.1. The van der Waals surface area contributed by atoms with E-state index in [9.17, 15) is 13.2 Å². The Labute approximate surface area is 174 Å². The van der Waals surface area contributed by atoms with Gasteiger partial charge in [0.1, 0.15) is 5.75 Å². The number of amides is 1. The quantitative estimate of drug-likeness (QED) is 0.727. The van der Waals surface area contributed by atoms with Crippen LogP contribution in [0.2, 0.25) is 0 Å². The average Bonchev–Trinajstić information content (AvgIpc) is 2.71. The smallest absolute Gasteiger partial charge is 0.243 e. The highest BCUT2D eigenvalue weighted by atomic mass is 32.2. The number of rotatable bonds is 7. The maximum absolute atomic E-state index is 12.9. The summed E-state index contributed by atoms with van der Waals surface area (Å²) in [5.74, 6) is 1.24. The van der Waals surface area contributed by atoms with Crippen molar-refractivity contribution in [3.05, 3.63) is 24.3 Å². The molecule has 0 radical (unpaired) electrons. The second-order valence-electron chi connectivity index (χ2n) is 8.02. The van der Waals surface area contributed by atoms with Gasteiger partial charge >= 0.3 is 0 Å². The largest absolute Gasteiger partial charge is 0.494 e. The Morgan fingerprint density at radius 2 is 1.76 bits per heavy atom. The summed E-state index contributed by atoms with van der Waals surface area (Å²) in [5, 5.41) is 3.17. The van der Waals surface area contributed by atoms with Gasteiger partial charge in [0, 0.05) is 32.2 Å². The number of hydrogen-bond acceptors (Lipinski definition) is 5. The van der Waals surface area contributed by atoms with Crippen LogP contribution >= 0.6 is 0 Å². The van der Waals surface area contributed by atoms with Crippen LogP contribution in [-0.2, 0) is 14.8 Å². The summed E-state index contributed by atoms with van der Waals surface area (Å²) < 4.78 is 32.6. The molecule has 1 amide bonds. The first kappa shape index (κ1) is 22.1. The molecule has 29 heavy (non-hydrogen) atoms. The van der Waals surface area contributed by atoms with Crippen LogP contribution in [-0.4, -0.2) is 68.9 Å². The lowest BCUT2D eigenvalue weighted by Gasteiger charge is -2.34. The van der Waals surface area contributed by atoms with Crippen LogP contribution in [0.25, 0.3) is 0 Å². The van der Waals surface area contributed by atoms with E-state index in [0.29, 0.717) is 51.0 Å². The highest BCUT2D eigenvalue weighted by Gasteiger charge is 2.30. The van der Waals surface area contributed by atoms with E-state index < -0.39 is 10.0 Å². The molecule has 1 saturated carbocycles. The molecule has 2 fully saturated rings. The molecule has 7 nitrogen and oxygen atoms in total. The van der Waals surface area contributed by atoms with Gasteiger partial charge in [-0.2, -0.15) is 4.31 Å². The van der Waals surface area contributed by atoms with Crippen LogP contribution < -0.4 is 10.1 Å². The number of benzene rings is 1. The molecule has 1 saturated heterocycles. The minimum Gasteiger partial charge on any atom is -0.494 e. The standard InChI is InChI=1S/C21H33N3O4S/c1-3-28-18-8-10-19(11-9-18)29(26,27)24-14-12-23(13-15-24)16-21(25)22-20-7-5-4-6-17(20)2/h8-11,17,20H,3-7,12-16H2,1-2H3,(H,22,25)/t17-,20-/m0/s1. The summed E-state index contributed by atoms with van der Waals surface area (Å²) in [6.07, 6.45) is 4.66. The third-order valence-corrected chi connectivity index (χ3v) is 7.84. The number of nitrogens with zero attached hydrogens (tertiary/aromatic N) is 2. The Hall–Kier alpha value is -1.64. The molecule has 0 bridgehead atoms. The fraction of sp³-hybridized carbons (Fsp3) is 0.667. The molecule has 0 aromatic heterocycles. The van der Waals surface area contributed by atoms with Gasteiger partial charge < -0.3 is 10.1 Å². The number of nitrogens with one attached hydrogen (secondary N) is 1. The molecule has 1 heterocycles. The van der Waals surface area contributed by atoms with Crippen LogP contribution in [0.1, 0.15) is 39.5 Å². The van der Waals surface area contributed by atoms with E-state index in [4.69, 9.17) is 4.74 Å². The fourth-order valence-corrected chi connectivity index (χ4v) is 5.56. The Kier molecular flexibility index (Phi) is 7.54. The Morgan fingerprint density at radius 1 is 1.10 bits per heavy atom. The molecule has 0 unspecified atom stereocenters. The molecule has 1 N–H and O–H groups in total. The van der Waals surface area contributed by atoms with Crippen molar-refractivity contribution in [2.45, 2.75) is 50.5 Å². The second-order valence-corrected chi connectivity index (χ2v) is 9.96. The average molecular weight is 424 g/mol. The molecule has 162 valence electrons. The molecular weight excluding hydrogens is 390 g/mol. The minimum absolute atomic E-state index is 0.0478. The lowest BCUT2D eigenvalue weighted by atomic mass is 9.86. The fourth-order valence-electron chi connectivity index (χ4n) is 4.14. The molecular formula is C21H33N3O4S. The molecule has 8 heteroatoms. The second kappa shape index (κ2) is 9.91. The number of ether oxygens (including phenoxy) is 1. The van der Waals surface area contributed by atoms with Crippen molar-refractivity contribution < 1.29 is 17.9 Å². The SMILES string of the molecule is CCOc1ccc(S(=O)(=O)N2CCN(CC(=O)N[C@H]3CCCC[C@@H]3C)CC2)cc1. The minimum atomic E-state index is -3.53. The van der Waals surface area contributed by atoms with Gasteiger partial charge in [-0.15, -0.1) is 0 Å². The van der Waals surface area contributed by atoms with Gasteiger partial charge in [-0.3, -0.25) is 9.69 Å². The number of hydrogen-bond donors (Lipinski definition) is 1. The van der Waals surface area contributed by atoms with Gasteiger partial charge in [0.05, 0.1) is 18.0 Å². The van der Waals surface area contributed by atoms with Gasteiger partial charge in [-0.25, -0.2) is 8.42 Å². The summed E-state index contributed by atoms with van der Waals surface area (Å²) in [6.45, 7) is 6.87. The topological polar surface area (TPSA) is 79.0 Å². The van der Waals surface area contributed by atoms with Crippen molar-refractivity contribution in [3.63, 3.8) is 0 Å². The summed E-state index contributed by atoms with van der Waals surface area (Å²) >= 11 is 0. The first-order chi connectivity index (χ1) is 13.9. The molecule has 1 aliphatic heterocycles. The summed E-state index contributed by atoms with van der Waals surface area (Å²) in [5.41, 5.74) is 0. The van der Waals surface area contributed by atoms with Crippen molar-refractivity contribution in [1.82, 2.24) is 14.5 Å². The van der Waals surface area contributed by atoms with Crippen molar-refractivity contribution in [2.24, 2.45) is 5.92 Å². The predicted molar refractivity (Wildman–Crippen MR) is 112 cm³/mol. The van der Waals surface area contributed by atoms with Crippen LogP contribution in [0.5, 0.6) is 5.75 Å². The van der Waals surface area contributed by atoms with E-state index in [-0.39, 0.29) is 16.8 Å². The van der Waals surface area contributed by atoms with Crippen LogP contribution in [0.15, 0.2) is 29.2 Å². The Bertz CT molecular complexity index is 774. The Morgan fingerprint density at radius 3 is 2.38 bits per heavy atom. The predicted octanol–water partition coefficient (Wildman–Crippen LogP) is 2.09. The van der Waals surface area contributed by atoms with Crippen molar-refractivity contribution >= 4 is 15.9 Å². The van der Waals surface area contributed by atoms with E-state index in [0.717, 1.165) is 6.42 Å². The van der Waals surface area contributed by atoms with Gasteiger partial charge in [-0.1, -0.05) is 19.8 Å². The van der Waals surface area contributed by atoms with E-state index in [1.54, 1.807) is 24.3 Å². The molecule has 1 aliphatic carbocycles. The van der Waals surface area contributed by atoms with E-state index in [1.165, 1.54) is 23.6 Å². The summed E-state index contributed by atoms with van der Waals surface area (Å²) in [7, 11) is -3.53. The maximum atomic E-state index is 12.9.